The fourth-order valence-electron chi connectivity index (χ4n) is 4.07. The summed E-state index contributed by atoms with van der Waals surface area (Å²) in [7, 11) is 0. The molecule has 0 bridgehead atoms. The van der Waals surface area contributed by atoms with Crippen molar-refractivity contribution in [3.63, 3.8) is 0 Å². The van der Waals surface area contributed by atoms with Crippen LogP contribution in [0.3, 0.4) is 0 Å². The second-order valence-corrected chi connectivity index (χ2v) is 8.24. The first kappa shape index (κ1) is 19.9. The Morgan fingerprint density at radius 1 is 1.19 bits per heavy atom. The largest absolute Gasteiger partial charge is 0.504 e. The van der Waals surface area contributed by atoms with E-state index in [1.54, 1.807) is 6.07 Å². The third-order valence-corrected chi connectivity index (χ3v) is 5.89. The van der Waals surface area contributed by atoms with Gasteiger partial charge in [-0.15, -0.1) is 0 Å². The number of phenolic OH excluding ortho intramolecular Hbond substituents is 1. The van der Waals surface area contributed by atoms with E-state index in [4.69, 9.17) is 4.74 Å². The second kappa shape index (κ2) is 9.41. The van der Waals surface area contributed by atoms with E-state index in [0.29, 0.717) is 24.5 Å². The van der Waals surface area contributed by atoms with Crippen molar-refractivity contribution >= 4 is 5.78 Å². The van der Waals surface area contributed by atoms with E-state index in [9.17, 15) is 15.0 Å². The van der Waals surface area contributed by atoms with Crippen molar-refractivity contribution in [2.45, 2.75) is 76.9 Å². The molecule has 1 aromatic carbocycles. The van der Waals surface area contributed by atoms with Crippen LogP contribution in [0.5, 0.6) is 11.5 Å². The van der Waals surface area contributed by atoms with E-state index in [0.717, 1.165) is 31.2 Å². The van der Waals surface area contributed by atoms with Crippen molar-refractivity contribution in [1.82, 2.24) is 0 Å². The van der Waals surface area contributed by atoms with Gasteiger partial charge in [0.15, 0.2) is 11.5 Å². The highest BCUT2D eigenvalue weighted by Crippen LogP contribution is 2.32. The lowest BCUT2D eigenvalue weighted by Crippen LogP contribution is -2.24. The lowest BCUT2D eigenvalue weighted by molar-refractivity contribution is -0.121. The highest BCUT2D eigenvalue weighted by molar-refractivity contribution is 5.79. The number of aromatic hydroxyl groups is 1. The number of ketones is 1. The summed E-state index contributed by atoms with van der Waals surface area (Å²) in [6.07, 6.45) is 11.5. The monoisotopic (exact) mass is 372 g/mol. The van der Waals surface area contributed by atoms with Crippen LogP contribution in [0.25, 0.3) is 0 Å². The van der Waals surface area contributed by atoms with E-state index in [1.165, 1.54) is 12.8 Å². The van der Waals surface area contributed by atoms with E-state index >= 15 is 0 Å². The molecule has 0 saturated heterocycles. The molecular weight excluding hydrogens is 340 g/mol. The van der Waals surface area contributed by atoms with E-state index in [1.807, 2.05) is 12.1 Å². The van der Waals surface area contributed by atoms with Crippen molar-refractivity contribution < 1.29 is 19.7 Å². The number of aliphatic hydroxyl groups excluding tert-OH is 1. The smallest absolute Gasteiger partial charge is 0.161 e. The average Bonchev–Trinajstić information content (AvgIpc) is 3.16. The number of hydrogen-bond donors (Lipinski definition) is 2. The van der Waals surface area contributed by atoms with Gasteiger partial charge in [0.25, 0.3) is 0 Å². The molecule has 0 radical (unpaired) electrons. The lowest BCUT2D eigenvalue weighted by Gasteiger charge is -2.24. The molecule has 3 atom stereocenters. The Hall–Kier alpha value is -1.81. The molecule has 2 aliphatic carbocycles. The van der Waals surface area contributed by atoms with Crippen molar-refractivity contribution in [3.05, 3.63) is 35.9 Å². The van der Waals surface area contributed by atoms with Gasteiger partial charge in [-0.25, -0.2) is 0 Å². The molecule has 0 heterocycles. The molecule has 1 saturated carbocycles. The quantitative estimate of drug-likeness (QED) is 0.656. The normalized spacial score (nSPS) is 24.1. The first-order valence-corrected chi connectivity index (χ1v) is 10.4. The molecule has 0 amide bonds. The first-order valence-electron chi connectivity index (χ1n) is 10.4. The number of carbonyl (C=O) groups excluding carboxylic acids is 1. The molecule has 4 heteroatoms. The minimum absolute atomic E-state index is 0.0841. The third kappa shape index (κ3) is 5.83. The topological polar surface area (TPSA) is 66.8 Å². The number of benzene rings is 1. The molecule has 2 N–H and O–H groups in total. The van der Waals surface area contributed by atoms with Gasteiger partial charge in [0.1, 0.15) is 5.78 Å². The van der Waals surface area contributed by atoms with Crippen molar-refractivity contribution in [3.8, 4) is 11.5 Å². The summed E-state index contributed by atoms with van der Waals surface area (Å²) in [5.41, 5.74) is 0.982. The Balaban J connectivity index is 1.48. The first-order chi connectivity index (χ1) is 13.0. The Labute approximate surface area is 162 Å². The standard InChI is InChI=1S/C23H32O4/c1-16-6-10-18(11-7-16)22(26)15-19(24)12-8-17-9-13-21(25)23(14-17)27-20-4-2-3-5-20/h6,9-10,13-14,16,18,20,22,25-26H,2-5,7-8,11-12,15H2,1H3/t16-,18+,22+/m1/s1. The maximum atomic E-state index is 12.3. The lowest BCUT2D eigenvalue weighted by atomic mass is 9.84. The van der Waals surface area contributed by atoms with E-state index in [2.05, 4.69) is 19.1 Å². The van der Waals surface area contributed by atoms with Gasteiger partial charge in [-0.3, -0.25) is 4.79 Å². The summed E-state index contributed by atoms with van der Waals surface area (Å²) in [5, 5.41) is 20.4. The van der Waals surface area contributed by atoms with Gasteiger partial charge < -0.3 is 14.9 Å². The Kier molecular flexibility index (Phi) is 6.95. The maximum absolute atomic E-state index is 12.3. The van der Waals surface area contributed by atoms with Gasteiger partial charge in [-0.2, -0.15) is 0 Å². The fourth-order valence-corrected chi connectivity index (χ4v) is 4.07. The zero-order chi connectivity index (χ0) is 19.2. The van der Waals surface area contributed by atoms with Crippen LogP contribution < -0.4 is 4.74 Å². The molecule has 148 valence electrons. The molecule has 3 rings (SSSR count). The van der Waals surface area contributed by atoms with Crippen LogP contribution in [-0.2, 0) is 11.2 Å². The molecule has 27 heavy (non-hydrogen) atoms. The molecule has 1 fully saturated rings. The second-order valence-electron chi connectivity index (χ2n) is 8.24. The van der Waals surface area contributed by atoms with Crippen molar-refractivity contribution in [2.75, 3.05) is 0 Å². The highest BCUT2D eigenvalue weighted by Gasteiger charge is 2.23. The van der Waals surface area contributed by atoms with Gasteiger partial charge in [0.05, 0.1) is 12.2 Å². The van der Waals surface area contributed by atoms with Crippen molar-refractivity contribution in [1.29, 1.82) is 0 Å². The average molecular weight is 373 g/mol. The SMILES string of the molecule is C[C@@H]1C=C[C@H]([C@@H](O)CC(=O)CCc2ccc(O)c(OC3CCCC3)c2)CC1. The number of allylic oxidation sites excluding steroid dienone is 1. The maximum Gasteiger partial charge on any atom is 0.161 e. The summed E-state index contributed by atoms with van der Waals surface area (Å²) in [5.74, 6) is 1.43. The predicted octanol–water partition coefficient (Wildman–Crippen LogP) is 4.57. The number of phenols is 1. The van der Waals surface area contributed by atoms with Gasteiger partial charge in [-0.05, 0) is 68.6 Å². The van der Waals surface area contributed by atoms with Gasteiger partial charge in [-0.1, -0.05) is 25.1 Å². The number of aryl methyl sites for hydroxylation is 1. The highest BCUT2D eigenvalue weighted by atomic mass is 16.5. The van der Waals surface area contributed by atoms with Crippen LogP contribution in [0, 0.1) is 11.8 Å². The summed E-state index contributed by atoms with van der Waals surface area (Å²) in [4.78, 5) is 12.3. The third-order valence-electron chi connectivity index (χ3n) is 5.89. The number of hydrogen-bond acceptors (Lipinski definition) is 4. The Morgan fingerprint density at radius 2 is 1.96 bits per heavy atom. The van der Waals surface area contributed by atoms with Gasteiger partial charge in [0.2, 0.25) is 0 Å². The predicted molar refractivity (Wildman–Crippen MR) is 106 cm³/mol. The van der Waals surface area contributed by atoms with Crippen LogP contribution >= 0.6 is 0 Å². The molecule has 4 nitrogen and oxygen atoms in total. The number of carbonyl (C=O) groups is 1. The fraction of sp³-hybridized carbons (Fsp3) is 0.609. The van der Waals surface area contributed by atoms with Crippen LogP contribution in [0.15, 0.2) is 30.4 Å². The summed E-state index contributed by atoms with van der Waals surface area (Å²) in [6, 6.07) is 5.33. The van der Waals surface area contributed by atoms with Crippen LogP contribution in [-0.4, -0.2) is 28.2 Å². The van der Waals surface area contributed by atoms with Gasteiger partial charge in [0, 0.05) is 18.8 Å². The molecule has 0 aromatic heterocycles. The molecule has 2 aliphatic rings. The van der Waals surface area contributed by atoms with Crippen LogP contribution in [0.2, 0.25) is 0 Å². The molecule has 1 aromatic rings. The summed E-state index contributed by atoms with van der Waals surface area (Å²) in [6.45, 7) is 2.17. The minimum Gasteiger partial charge on any atom is -0.504 e. The van der Waals surface area contributed by atoms with E-state index < -0.39 is 6.10 Å². The summed E-state index contributed by atoms with van der Waals surface area (Å²) < 4.78 is 5.92. The zero-order valence-corrected chi connectivity index (χ0v) is 16.3. The number of ether oxygens (including phenoxy) is 1. The zero-order valence-electron chi connectivity index (χ0n) is 16.3. The molecule has 0 aliphatic heterocycles. The molecule has 0 spiro atoms. The number of Topliss-reactive ketones (excluding diaryl/α,β-unsaturated/α-hetero) is 1. The Morgan fingerprint density at radius 3 is 2.67 bits per heavy atom. The Bertz CT molecular complexity index is 660. The number of aliphatic hydroxyl groups is 1. The number of rotatable bonds is 8. The van der Waals surface area contributed by atoms with Crippen LogP contribution in [0.1, 0.15) is 63.9 Å². The summed E-state index contributed by atoms with van der Waals surface area (Å²) >= 11 is 0. The molecule has 0 unspecified atom stereocenters. The minimum atomic E-state index is -0.581. The molecular formula is C23H32O4. The van der Waals surface area contributed by atoms with Gasteiger partial charge >= 0.3 is 0 Å². The van der Waals surface area contributed by atoms with Crippen molar-refractivity contribution in [2.24, 2.45) is 11.8 Å². The van der Waals surface area contributed by atoms with Crippen LogP contribution in [0.4, 0.5) is 0 Å². The van der Waals surface area contributed by atoms with E-state index in [-0.39, 0.29) is 30.0 Å².